The first-order chi connectivity index (χ1) is 13.7. The van der Waals surface area contributed by atoms with Crippen LogP contribution in [0.3, 0.4) is 0 Å². The molecule has 1 aromatic heterocycles. The van der Waals surface area contributed by atoms with Gasteiger partial charge in [0, 0.05) is 43.8 Å². The van der Waals surface area contributed by atoms with E-state index in [0.717, 1.165) is 67.4 Å². The average molecular weight is 377 g/mol. The van der Waals surface area contributed by atoms with Crippen molar-refractivity contribution in [3.8, 4) is 5.75 Å². The van der Waals surface area contributed by atoms with E-state index in [9.17, 15) is 0 Å². The lowest BCUT2D eigenvalue weighted by Crippen LogP contribution is -2.45. The van der Waals surface area contributed by atoms with Gasteiger partial charge >= 0.3 is 0 Å². The molecule has 0 spiro atoms. The summed E-state index contributed by atoms with van der Waals surface area (Å²) in [6.07, 6.45) is 0. The highest BCUT2D eigenvalue weighted by Gasteiger charge is 2.18. The Morgan fingerprint density at radius 2 is 1.54 bits per heavy atom. The summed E-state index contributed by atoms with van der Waals surface area (Å²) in [5, 5.41) is 1.14. The average Bonchev–Trinajstić information content (AvgIpc) is 2.71. The molecule has 5 nitrogen and oxygen atoms in total. The van der Waals surface area contributed by atoms with Crippen LogP contribution in [0.4, 0.5) is 0 Å². The molecule has 1 aliphatic rings. The topological polar surface area (TPSA) is 41.5 Å². The Morgan fingerprint density at radius 1 is 0.857 bits per heavy atom. The smallest absolute Gasteiger partial charge is 0.143 e. The monoisotopic (exact) mass is 376 g/mol. The summed E-state index contributed by atoms with van der Waals surface area (Å²) < 4.78 is 5.52. The molecule has 146 valence electrons. The minimum atomic E-state index is 0.710. The number of fused-ring (bicyclic) bond motifs is 1. The van der Waals surface area contributed by atoms with Crippen LogP contribution in [-0.2, 0) is 13.1 Å². The molecule has 28 heavy (non-hydrogen) atoms. The number of para-hydroxylation sites is 1. The van der Waals surface area contributed by atoms with Crippen LogP contribution in [0.5, 0.6) is 5.75 Å². The highest BCUT2D eigenvalue weighted by Crippen LogP contribution is 2.17. The molecule has 0 amide bonds. The zero-order valence-corrected chi connectivity index (χ0v) is 16.8. The summed E-state index contributed by atoms with van der Waals surface area (Å²) in [5.41, 5.74) is 3.44. The third-order valence-corrected chi connectivity index (χ3v) is 5.31. The number of hydrogen-bond donors (Lipinski definition) is 0. The fourth-order valence-corrected chi connectivity index (χ4v) is 3.79. The number of nitrogens with zero attached hydrogens (tertiary/aromatic N) is 4. The van der Waals surface area contributed by atoms with Crippen LogP contribution in [0.25, 0.3) is 10.9 Å². The van der Waals surface area contributed by atoms with Gasteiger partial charge in [0.05, 0.1) is 18.7 Å². The minimum Gasteiger partial charge on any atom is -0.494 e. The van der Waals surface area contributed by atoms with Crippen LogP contribution in [0, 0.1) is 6.92 Å². The van der Waals surface area contributed by atoms with Gasteiger partial charge in [-0.2, -0.15) is 0 Å². The predicted molar refractivity (Wildman–Crippen MR) is 112 cm³/mol. The third kappa shape index (κ3) is 4.49. The molecule has 1 aliphatic heterocycles. The van der Waals surface area contributed by atoms with Gasteiger partial charge in [-0.05, 0) is 37.6 Å². The molecule has 3 aromatic rings. The highest BCUT2D eigenvalue weighted by atomic mass is 16.5. The number of piperazine rings is 1. The predicted octanol–water partition coefficient (Wildman–Crippen LogP) is 3.65. The summed E-state index contributed by atoms with van der Waals surface area (Å²) >= 11 is 0. The molecule has 1 fully saturated rings. The number of aromatic nitrogens is 2. The molecule has 0 radical (unpaired) electrons. The van der Waals surface area contributed by atoms with Crippen LogP contribution in [-0.4, -0.2) is 52.6 Å². The standard InChI is InChI=1S/C23H28N4O/c1-3-28-20-10-8-19(9-11-20)16-26-12-14-27(15-13-26)17-23-24-18(2)21-6-4-5-7-22(21)25-23/h4-11H,3,12-17H2,1-2H3. The van der Waals surface area contributed by atoms with Crippen LogP contribution < -0.4 is 4.74 Å². The summed E-state index contributed by atoms with van der Waals surface area (Å²) in [5.74, 6) is 1.87. The molecule has 0 N–H and O–H groups in total. The first-order valence-corrected chi connectivity index (χ1v) is 10.1. The summed E-state index contributed by atoms with van der Waals surface area (Å²) in [4.78, 5) is 14.5. The normalized spacial score (nSPS) is 15.8. The zero-order valence-electron chi connectivity index (χ0n) is 16.8. The van der Waals surface area contributed by atoms with E-state index in [-0.39, 0.29) is 0 Å². The van der Waals surface area contributed by atoms with E-state index in [0.29, 0.717) is 6.61 Å². The van der Waals surface area contributed by atoms with Crippen molar-refractivity contribution in [3.63, 3.8) is 0 Å². The molecule has 2 heterocycles. The maximum absolute atomic E-state index is 5.52. The maximum Gasteiger partial charge on any atom is 0.143 e. The molecular weight excluding hydrogens is 348 g/mol. The Morgan fingerprint density at radius 3 is 2.25 bits per heavy atom. The Balaban J connectivity index is 1.32. The summed E-state index contributed by atoms with van der Waals surface area (Å²) in [7, 11) is 0. The molecule has 0 aliphatic carbocycles. The number of ether oxygens (including phenoxy) is 1. The first kappa shape index (κ1) is 18.8. The van der Waals surface area contributed by atoms with Gasteiger partial charge in [0.25, 0.3) is 0 Å². The molecule has 5 heteroatoms. The van der Waals surface area contributed by atoms with E-state index in [1.807, 2.05) is 19.1 Å². The maximum atomic E-state index is 5.52. The SMILES string of the molecule is CCOc1ccc(CN2CCN(Cc3nc(C)c4ccccc4n3)CC2)cc1. The third-order valence-electron chi connectivity index (χ3n) is 5.31. The number of rotatable bonds is 6. The summed E-state index contributed by atoms with van der Waals surface area (Å²) in [6, 6.07) is 16.7. The van der Waals surface area contributed by atoms with E-state index in [4.69, 9.17) is 14.7 Å². The van der Waals surface area contributed by atoms with Crippen molar-refractivity contribution in [2.24, 2.45) is 0 Å². The van der Waals surface area contributed by atoms with Gasteiger partial charge in [-0.3, -0.25) is 9.80 Å². The lowest BCUT2D eigenvalue weighted by atomic mass is 10.2. The second-order valence-corrected chi connectivity index (χ2v) is 7.37. The number of benzene rings is 2. The van der Waals surface area contributed by atoms with Crippen molar-refractivity contribution in [3.05, 3.63) is 65.6 Å². The fraction of sp³-hybridized carbons (Fsp3) is 0.391. The van der Waals surface area contributed by atoms with Crippen molar-refractivity contribution in [1.82, 2.24) is 19.8 Å². The number of aryl methyl sites for hydroxylation is 1. The van der Waals surface area contributed by atoms with Crippen LogP contribution in [0.1, 0.15) is 24.0 Å². The Bertz CT molecular complexity index is 918. The van der Waals surface area contributed by atoms with E-state index >= 15 is 0 Å². The number of hydrogen-bond acceptors (Lipinski definition) is 5. The van der Waals surface area contributed by atoms with Crippen LogP contribution in [0.15, 0.2) is 48.5 Å². The second-order valence-electron chi connectivity index (χ2n) is 7.37. The van der Waals surface area contributed by atoms with E-state index < -0.39 is 0 Å². The Kier molecular flexibility index (Phi) is 5.84. The van der Waals surface area contributed by atoms with Crippen molar-refractivity contribution < 1.29 is 4.74 Å². The van der Waals surface area contributed by atoms with Gasteiger partial charge in [0.2, 0.25) is 0 Å². The summed E-state index contributed by atoms with van der Waals surface area (Å²) in [6.45, 7) is 10.8. The lowest BCUT2D eigenvalue weighted by Gasteiger charge is -2.34. The van der Waals surface area contributed by atoms with Crippen LogP contribution >= 0.6 is 0 Å². The highest BCUT2D eigenvalue weighted by molar-refractivity contribution is 5.80. The van der Waals surface area contributed by atoms with E-state index in [1.165, 1.54) is 5.56 Å². The van der Waals surface area contributed by atoms with E-state index in [2.05, 4.69) is 53.1 Å². The van der Waals surface area contributed by atoms with Gasteiger partial charge < -0.3 is 4.74 Å². The molecule has 2 aromatic carbocycles. The zero-order chi connectivity index (χ0) is 19.3. The second kappa shape index (κ2) is 8.67. The quantitative estimate of drug-likeness (QED) is 0.657. The Hall–Kier alpha value is -2.50. The molecule has 1 saturated heterocycles. The molecule has 0 saturated carbocycles. The first-order valence-electron chi connectivity index (χ1n) is 10.1. The van der Waals surface area contributed by atoms with Crippen LogP contribution in [0.2, 0.25) is 0 Å². The minimum absolute atomic E-state index is 0.710. The van der Waals surface area contributed by atoms with Gasteiger partial charge in [0.1, 0.15) is 11.6 Å². The van der Waals surface area contributed by atoms with Crippen molar-refractivity contribution in [2.75, 3.05) is 32.8 Å². The van der Waals surface area contributed by atoms with Crippen molar-refractivity contribution in [2.45, 2.75) is 26.9 Å². The van der Waals surface area contributed by atoms with Crippen molar-refractivity contribution in [1.29, 1.82) is 0 Å². The van der Waals surface area contributed by atoms with Crippen molar-refractivity contribution >= 4 is 10.9 Å². The van der Waals surface area contributed by atoms with Gasteiger partial charge in [-0.1, -0.05) is 30.3 Å². The Labute approximate surface area is 167 Å². The molecule has 0 unspecified atom stereocenters. The molecule has 0 bridgehead atoms. The van der Waals surface area contributed by atoms with E-state index in [1.54, 1.807) is 0 Å². The lowest BCUT2D eigenvalue weighted by molar-refractivity contribution is 0.120. The van der Waals surface area contributed by atoms with Gasteiger partial charge in [-0.15, -0.1) is 0 Å². The molecule has 4 rings (SSSR count). The largest absolute Gasteiger partial charge is 0.494 e. The van der Waals surface area contributed by atoms with Gasteiger partial charge in [0.15, 0.2) is 0 Å². The van der Waals surface area contributed by atoms with Gasteiger partial charge in [-0.25, -0.2) is 9.97 Å². The molecular formula is C23H28N4O. The molecule has 0 atom stereocenters. The fourth-order valence-electron chi connectivity index (χ4n) is 3.79.